The highest BCUT2D eigenvalue weighted by Gasteiger charge is 2.32. The molecule has 0 atom stereocenters. The van der Waals surface area contributed by atoms with Gasteiger partial charge in [-0.05, 0) is 31.0 Å². The van der Waals surface area contributed by atoms with Gasteiger partial charge in [0.05, 0.1) is 17.8 Å². The molecular weight excluding hydrogens is 271 g/mol. The maximum atomic E-state index is 13.2. The summed E-state index contributed by atoms with van der Waals surface area (Å²) in [7, 11) is -3.98. The molecule has 5 nitrogen and oxygen atoms in total. The first-order valence-corrected chi connectivity index (χ1v) is 7.48. The summed E-state index contributed by atoms with van der Waals surface area (Å²) in [5, 5.41) is 9.38. The van der Waals surface area contributed by atoms with Crippen molar-refractivity contribution in [3.05, 3.63) is 24.0 Å². The van der Waals surface area contributed by atoms with E-state index in [0.717, 1.165) is 12.1 Å². The van der Waals surface area contributed by atoms with Crippen molar-refractivity contribution in [3.8, 4) is 0 Å². The molecule has 1 rings (SSSR count). The molecule has 4 N–H and O–H groups in total. The number of hydrogen-bond donors (Lipinski definition) is 3. The fourth-order valence-electron chi connectivity index (χ4n) is 1.73. The van der Waals surface area contributed by atoms with E-state index < -0.39 is 21.4 Å². The van der Waals surface area contributed by atoms with E-state index in [1.807, 2.05) is 0 Å². The van der Waals surface area contributed by atoms with Crippen molar-refractivity contribution in [2.45, 2.75) is 37.1 Å². The summed E-state index contributed by atoms with van der Waals surface area (Å²) in [6.07, 6.45) is 0.822. The van der Waals surface area contributed by atoms with Crippen molar-refractivity contribution < 1.29 is 17.9 Å². The van der Waals surface area contributed by atoms with Gasteiger partial charge < -0.3 is 10.8 Å². The summed E-state index contributed by atoms with van der Waals surface area (Å²) in [6, 6.07) is 3.15. The van der Waals surface area contributed by atoms with Gasteiger partial charge in [0, 0.05) is 0 Å². The zero-order valence-electron chi connectivity index (χ0n) is 11.0. The molecule has 0 saturated carbocycles. The van der Waals surface area contributed by atoms with Gasteiger partial charge in [-0.2, -0.15) is 0 Å². The Hall–Kier alpha value is -1.18. The Balaban J connectivity index is 3.21. The van der Waals surface area contributed by atoms with Gasteiger partial charge >= 0.3 is 0 Å². The number of rotatable bonds is 6. The number of sulfonamides is 1. The maximum absolute atomic E-state index is 13.2. The molecule has 0 amide bonds. The Morgan fingerprint density at radius 2 is 1.95 bits per heavy atom. The third-order valence-corrected chi connectivity index (χ3v) is 4.91. The van der Waals surface area contributed by atoms with Crippen molar-refractivity contribution in [2.24, 2.45) is 0 Å². The number of nitrogens with two attached hydrogens (primary N) is 1. The molecule has 0 bridgehead atoms. The van der Waals surface area contributed by atoms with Crippen LogP contribution in [0.25, 0.3) is 0 Å². The number of nitrogens with one attached hydrogen (secondary N) is 1. The lowest BCUT2D eigenvalue weighted by atomic mass is 9.96. The van der Waals surface area contributed by atoms with E-state index in [2.05, 4.69) is 4.72 Å². The highest BCUT2D eigenvalue weighted by molar-refractivity contribution is 7.89. The van der Waals surface area contributed by atoms with Gasteiger partial charge in [-0.15, -0.1) is 0 Å². The minimum atomic E-state index is -3.98. The molecule has 19 heavy (non-hydrogen) atoms. The smallest absolute Gasteiger partial charge is 0.243 e. The van der Waals surface area contributed by atoms with Gasteiger partial charge in [0.2, 0.25) is 10.0 Å². The average molecular weight is 290 g/mol. The maximum Gasteiger partial charge on any atom is 0.243 e. The van der Waals surface area contributed by atoms with Gasteiger partial charge in [-0.1, -0.05) is 13.8 Å². The summed E-state index contributed by atoms with van der Waals surface area (Å²) >= 11 is 0. The highest BCUT2D eigenvalue weighted by Crippen LogP contribution is 2.23. The molecule has 0 aliphatic rings. The normalized spacial score (nSPS) is 12.6. The molecule has 0 radical (unpaired) electrons. The van der Waals surface area contributed by atoms with E-state index in [4.69, 9.17) is 5.73 Å². The molecule has 0 saturated heterocycles. The fourth-order valence-corrected chi connectivity index (χ4v) is 3.41. The van der Waals surface area contributed by atoms with Crippen LogP contribution in [0.15, 0.2) is 23.1 Å². The standard InChI is InChI=1S/C12H19FN2O3S/c1-3-12(4-2,8-16)15-19(17,18)11-7-9(13)5-6-10(11)14/h5-7,15-16H,3-4,8,14H2,1-2H3. The van der Waals surface area contributed by atoms with Crippen LogP contribution in [-0.4, -0.2) is 25.7 Å². The summed E-state index contributed by atoms with van der Waals surface area (Å²) in [6.45, 7) is 3.18. The predicted molar refractivity (Wildman–Crippen MR) is 71.5 cm³/mol. The summed E-state index contributed by atoms with van der Waals surface area (Å²) in [5.41, 5.74) is 4.58. The van der Waals surface area contributed by atoms with Crippen LogP contribution < -0.4 is 10.5 Å². The lowest BCUT2D eigenvalue weighted by Gasteiger charge is -2.30. The molecular formula is C12H19FN2O3S. The predicted octanol–water partition coefficient (Wildman–Crippen LogP) is 1.24. The third kappa shape index (κ3) is 3.43. The second-order valence-corrected chi connectivity index (χ2v) is 6.08. The molecule has 1 aromatic rings. The quantitative estimate of drug-likeness (QED) is 0.687. The monoisotopic (exact) mass is 290 g/mol. The molecule has 0 aliphatic heterocycles. The van der Waals surface area contributed by atoms with Crippen LogP contribution in [0, 0.1) is 5.82 Å². The van der Waals surface area contributed by atoms with E-state index in [1.54, 1.807) is 13.8 Å². The van der Waals surface area contributed by atoms with Crippen molar-refractivity contribution in [1.82, 2.24) is 4.72 Å². The van der Waals surface area contributed by atoms with E-state index >= 15 is 0 Å². The zero-order valence-corrected chi connectivity index (χ0v) is 11.8. The largest absolute Gasteiger partial charge is 0.398 e. The van der Waals surface area contributed by atoms with Gasteiger partial charge in [0.15, 0.2) is 0 Å². The van der Waals surface area contributed by atoms with Crippen LogP contribution in [-0.2, 0) is 10.0 Å². The van der Waals surface area contributed by atoms with E-state index in [-0.39, 0.29) is 17.2 Å². The number of halogens is 1. The Labute approximate surface area is 112 Å². The molecule has 0 fully saturated rings. The second-order valence-electron chi connectivity index (χ2n) is 4.43. The Bertz CT molecular complexity index is 534. The minimum Gasteiger partial charge on any atom is -0.398 e. The van der Waals surface area contributed by atoms with Crippen molar-refractivity contribution in [1.29, 1.82) is 0 Å². The number of anilines is 1. The van der Waals surface area contributed by atoms with Gasteiger partial charge in [0.1, 0.15) is 10.7 Å². The summed E-state index contributed by atoms with van der Waals surface area (Å²) < 4.78 is 40.0. The van der Waals surface area contributed by atoms with Crippen LogP contribution in [0.5, 0.6) is 0 Å². The number of hydrogen-bond acceptors (Lipinski definition) is 4. The molecule has 7 heteroatoms. The van der Waals surface area contributed by atoms with Crippen LogP contribution in [0.1, 0.15) is 26.7 Å². The van der Waals surface area contributed by atoms with Crippen LogP contribution in [0.4, 0.5) is 10.1 Å². The Kier molecular flexibility index (Phi) is 4.89. The molecule has 0 unspecified atom stereocenters. The van der Waals surface area contributed by atoms with E-state index in [1.165, 1.54) is 6.07 Å². The van der Waals surface area contributed by atoms with Crippen LogP contribution >= 0.6 is 0 Å². The van der Waals surface area contributed by atoms with Crippen molar-refractivity contribution >= 4 is 15.7 Å². The lowest BCUT2D eigenvalue weighted by molar-refractivity contribution is 0.172. The van der Waals surface area contributed by atoms with E-state index in [9.17, 15) is 17.9 Å². The fraction of sp³-hybridized carbons (Fsp3) is 0.500. The van der Waals surface area contributed by atoms with Crippen molar-refractivity contribution in [2.75, 3.05) is 12.3 Å². The molecule has 0 heterocycles. The summed E-state index contributed by atoms with van der Waals surface area (Å²) in [4.78, 5) is -0.313. The van der Waals surface area contributed by atoms with Crippen LogP contribution in [0.2, 0.25) is 0 Å². The number of benzene rings is 1. The van der Waals surface area contributed by atoms with Crippen molar-refractivity contribution in [3.63, 3.8) is 0 Å². The number of aliphatic hydroxyl groups excluding tert-OH is 1. The SMILES string of the molecule is CCC(CC)(CO)NS(=O)(=O)c1cc(F)ccc1N. The highest BCUT2D eigenvalue weighted by atomic mass is 32.2. The first kappa shape index (κ1) is 15.9. The van der Waals surface area contributed by atoms with Gasteiger partial charge in [-0.3, -0.25) is 0 Å². The van der Waals surface area contributed by atoms with Gasteiger partial charge in [-0.25, -0.2) is 17.5 Å². The molecule has 108 valence electrons. The third-order valence-electron chi connectivity index (χ3n) is 3.27. The first-order valence-electron chi connectivity index (χ1n) is 6.00. The van der Waals surface area contributed by atoms with Gasteiger partial charge in [0.25, 0.3) is 0 Å². The molecule has 0 aromatic heterocycles. The average Bonchev–Trinajstić information content (AvgIpc) is 2.39. The van der Waals surface area contributed by atoms with Crippen LogP contribution in [0.3, 0.4) is 0 Å². The Morgan fingerprint density at radius 3 is 2.42 bits per heavy atom. The number of nitrogen functional groups attached to an aromatic ring is 1. The Morgan fingerprint density at radius 1 is 1.37 bits per heavy atom. The van der Waals surface area contributed by atoms with E-state index in [0.29, 0.717) is 12.8 Å². The minimum absolute atomic E-state index is 0.0343. The lowest BCUT2D eigenvalue weighted by Crippen LogP contribution is -2.50. The molecule has 1 aromatic carbocycles. The molecule has 0 aliphatic carbocycles. The zero-order chi connectivity index (χ0) is 14.7. The number of aliphatic hydroxyl groups is 1. The second kappa shape index (κ2) is 5.85. The molecule has 0 spiro atoms. The first-order chi connectivity index (χ1) is 8.80. The topological polar surface area (TPSA) is 92.4 Å². The summed E-state index contributed by atoms with van der Waals surface area (Å²) in [5.74, 6) is -0.683.